The van der Waals surface area contributed by atoms with Crippen molar-refractivity contribution in [3.05, 3.63) is 0 Å². The molecule has 1 heterocycles. The molecular formula is C10H20O. The summed E-state index contributed by atoms with van der Waals surface area (Å²) in [5.74, 6) is 1.72. The summed E-state index contributed by atoms with van der Waals surface area (Å²) in [6, 6.07) is 0. The van der Waals surface area contributed by atoms with Gasteiger partial charge in [-0.05, 0) is 18.3 Å². The lowest BCUT2D eigenvalue weighted by atomic mass is 9.96. The lowest BCUT2D eigenvalue weighted by Crippen LogP contribution is -2.01. The predicted octanol–water partition coefficient (Wildman–Crippen LogP) is 2.85. The first-order valence-corrected chi connectivity index (χ1v) is 4.80. The third kappa shape index (κ3) is 4.41. The van der Waals surface area contributed by atoms with Crippen molar-refractivity contribution in [1.29, 1.82) is 0 Å². The van der Waals surface area contributed by atoms with Gasteiger partial charge in [-0.2, -0.15) is 0 Å². The SMILES string of the molecule is CC(C)CCC(C)CC1CO1. The van der Waals surface area contributed by atoms with E-state index in [0.29, 0.717) is 6.10 Å². The van der Waals surface area contributed by atoms with E-state index in [-0.39, 0.29) is 0 Å². The molecule has 1 rings (SSSR count). The Morgan fingerprint density at radius 1 is 1.27 bits per heavy atom. The van der Waals surface area contributed by atoms with E-state index in [0.717, 1.165) is 18.4 Å². The summed E-state index contributed by atoms with van der Waals surface area (Å²) in [5.41, 5.74) is 0. The second-order valence-electron chi connectivity index (χ2n) is 4.27. The zero-order chi connectivity index (χ0) is 8.27. The minimum atomic E-state index is 0.622. The topological polar surface area (TPSA) is 12.5 Å². The highest BCUT2D eigenvalue weighted by Gasteiger charge is 2.24. The van der Waals surface area contributed by atoms with Crippen molar-refractivity contribution in [2.75, 3.05) is 6.61 Å². The van der Waals surface area contributed by atoms with Gasteiger partial charge < -0.3 is 4.74 Å². The Hall–Kier alpha value is -0.0400. The van der Waals surface area contributed by atoms with Crippen LogP contribution in [-0.2, 0) is 4.74 Å². The third-order valence-electron chi connectivity index (χ3n) is 2.30. The fourth-order valence-corrected chi connectivity index (χ4v) is 1.39. The van der Waals surface area contributed by atoms with Crippen molar-refractivity contribution in [1.82, 2.24) is 0 Å². The highest BCUT2D eigenvalue weighted by molar-refractivity contribution is 4.72. The Balaban J connectivity index is 1.95. The highest BCUT2D eigenvalue weighted by atomic mass is 16.6. The van der Waals surface area contributed by atoms with Crippen LogP contribution in [-0.4, -0.2) is 12.7 Å². The Morgan fingerprint density at radius 3 is 2.36 bits per heavy atom. The molecule has 0 aliphatic carbocycles. The van der Waals surface area contributed by atoms with E-state index in [1.54, 1.807) is 0 Å². The monoisotopic (exact) mass is 156 g/mol. The Kier molecular flexibility index (Phi) is 3.38. The molecule has 0 spiro atoms. The minimum Gasteiger partial charge on any atom is -0.373 e. The van der Waals surface area contributed by atoms with Gasteiger partial charge in [-0.15, -0.1) is 0 Å². The van der Waals surface area contributed by atoms with Gasteiger partial charge in [0, 0.05) is 0 Å². The molecule has 2 atom stereocenters. The van der Waals surface area contributed by atoms with Crippen LogP contribution in [0.5, 0.6) is 0 Å². The van der Waals surface area contributed by atoms with Gasteiger partial charge in [-0.25, -0.2) is 0 Å². The van der Waals surface area contributed by atoms with Crippen LogP contribution >= 0.6 is 0 Å². The molecule has 0 aromatic heterocycles. The molecule has 1 nitrogen and oxygen atoms in total. The predicted molar refractivity (Wildman–Crippen MR) is 47.6 cm³/mol. The summed E-state index contributed by atoms with van der Waals surface area (Å²) in [5, 5.41) is 0. The maximum absolute atomic E-state index is 5.19. The summed E-state index contributed by atoms with van der Waals surface area (Å²) in [6.45, 7) is 7.94. The van der Waals surface area contributed by atoms with Crippen molar-refractivity contribution >= 4 is 0 Å². The normalized spacial score (nSPS) is 25.6. The van der Waals surface area contributed by atoms with Crippen LogP contribution in [0.15, 0.2) is 0 Å². The standard InChI is InChI=1S/C10H20O/c1-8(2)4-5-9(3)6-10-7-11-10/h8-10H,4-7H2,1-3H3. The summed E-state index contributed by atoms with van der Waals surface area (Å²) in [4.78, 5) is 0. The number of epoxide rings is 1. The van der Waals surface area contributed by atoms with Gasteiger partial charge >= 0.3 is 0 Å². The molecular weight excluding hydrogens is 136 g/mol. The number of hydrogen-bond acceptors (Lipinski definition) is 1. The molecule has 0 amide bonds. The Labute approximate surface area is 70.1 Å². The molecule has 0 aromatic rings. The van der Waals surface area contributed by atoms with E-state index in [1.165, 1.54) is 19.3 Å². The van der Waals surface area contributed by atoms with Gasteiger partial charge in [0.15, 0.2) is 0 Å². The molecule has 66 valence electrons. The first-order valence-electron chi connectivity index (χ1n) is 4.80. The Morgan fingerprint density at radius 2 is 1.91 bits per heavy atom. The quantitative estimate of drug-likeness (QED) is 0.558. The second-order valence-corrected chi connectivity index (χ2v) is 4.27. The van der Waals surface area contributed by atoms with Crippen LogP contribution in [0.1, 0.15) is 40.0 Å². The molecule has 1 aliphatic rings. The number of hydrogen-bond donors (Lipinski definition) is 0. The summed E-state index contributed by atoms with van der Waals surface area (Å²) in [7, 11) is 0. The van der Waals surface area contributed by atoms with E-state index in [9.17, 15) is 0 Å². The molecule has 1 fully saturated rings. The van der Waals surface area contributed by atoms with Crippen molar-refractivity contribution in [3.8, 4) is 0 Å². The first kappa shape index (κ1) is 9.05. The van der Waals surface area contributed by atoms with Gasteiger partial charge in [-0.1, -0.05) is 33.6 Å². The van der Waals surface area contributed by atoms with Crippen molar-refractivity contribution < 1.29 is 4.74 Å². The Bertz CT molecular complexity index is 105. The lowest BCUT2D eigenvalue weighted by molar-refractivity contribution is 0.341. The number of rotatable bonds is 5. The van der Waals surface area contributed by atoms with Gasteiger partial charge in [0.2, 0.25) is 0 Å². The second kappa shape index (κ2) is 4.10. The zero-order valence-corrected chi connectivity index (χ0v) is 7.97. The molecule has 1 heteroatoms. The molecule has 1 saturated heterocycles. The first-order chi connectivity index (χ1) is 5.18. The maximum Gasteiger partial charge on any atom is 0.0812 e. The van der Waals surface area contributed by atoms with Crippen molar-refractivity contribution in [3.63, 3.8) is 0 Å². The number of ether oxygens (including phenoxy) is 1. The zero-order valence-electron chi connectivity index (χ0n) is 7.97. The van der Waals surface area contributed by atoms with Crippen LogP contribution in [0.4, 0.5) is 0 Å². The molecule has 0 saturated carbocycles. The van der Waals surface area contributed by atoms with Gasteiger partial charge in [-0.3, -0.25) is 0 Å². The van der Waals surface area contributed by atoms with Gasteiger partial charge in [0.25, 0.3) is 0 Å². The van der Waals surface area contributed by atoms with E-state index >= 15 is 0 Å². The van der Waals surface area contributed by atoms with Crippen LogP contribution in [0.3, 0.4) is 0 Å². The average Bonchev–Trinajstić information content (AvgIpc) is 2.67. The highest BCUT2D eigenvalue weighted by Crippen LogP contribution is 2.23. The smallest absolute Gasteiger partial charge is 0.0812 e. The molecule has 0 bridgehead atoms. The third-order valence-corrected chi connectivity index (χ3v) is 2.30. The molecule has 2 unspecified atom stereocenters. The maximum atomic E-state index is 5.19. The van der Waals surface area contributed by atoms with E-state index in [4.69, 9.17) is 4.74 Å². The molecule has 0 radical (unpaired) electrons. The minimum absolute atomic E-state index is 0.622. The van der Waals surface area contributed by atoms with Crippen molar-refractivity contribution in [2.45, 2.75) is 46.1 Å². The van der Waals surface area contributed by atoms with Crippen LogP contribution in [0, 0.1) is 11.8 Å². The molecule has 11 heavy (non-hydrogen) atoms. The molecule has 1 aliphatic heterocycles. The van der Waals surface area contributed by atoms with E-state index in [1.807, 2.05) is 0 Å². The summed E-state index contributed by atoms with van der Waals surface area (Å²) >= 11 is 0. The van der Waals surface area contributed by atoms with Crippen LogP contribution in [0.2, 0.25) is 0 Å². The molecule has 0 aromatic carbocycles. The lowest BCUT2D eigenvalue weighted by Gasteiger charge is -2.10. The van der Waals surface area contributed by atoms with Gasteiger partial charge in [0.05, 0.1) is 12.7 Å². The average molecular weight is 156 g/mol. The van der Waals surface area contributed by atoms with Crippen molar-refractivity contribution in [2.24, 2.45) is 11.8 Å². The fourth-order valence-electron chi connectivity index (χ4n) is 1.39. The summed E-state index contributed by atoms with van der Waals surface area (Å²) in [6.07, 6.45) is 4.65. The molecule has 0 N–H and O–H groups in total. The van der Waals surface area contributed by atoms with Crippen LogP contribution < -0.4 is 0 Å². The van der Waals surface area contributed by atoms with E-state index < -0.39 is 0 Å². The summed E-state index contributed by atoms with van der Waals surface area (Å²) < 4.78 is 5.19. The van der Waals surface area contributed by atoms with Crippen LogP contribution in [0.25, 0.3) is 0 Å². The largest absolute Gasteiger partial charge is 0.373 e. The fraction of sp³-hybridized carbons (Fsp3) is 1.00. The van der Waals surface area contributed by atoms with Gasteiger partial charge in [0.1, 0.15) is 0 Å². The van der Waals surface area contributed by atoms with E-state index in [2.05, 4.69) is 20.8 Å².